The van der Waals surface area contributed by atoms with Crippen LogP contribution in [0.25, 0.3) is 33.5 Å². The summed E-state index contributed by atoms with van der Waals surface area (Å²) in [5.41, 5.74) is 7.15. The average molecular weight is 331 g/mol. The average Bonchev–Trinajstić information content (AvgIpc) is 3.16. The lowest BCUT2D eigenvalue weighted by atomic mass is 10.0. The van der Waals surface area contributed by atoms with Gasteiger partial charge in [-0.3, -0.25) is 9.36 Å². The zero-order valence-electron chi connectivity index (χ0n) is 15.0. The molecule has 25 heavy (non-hydrogen) atoms. The summed E-state index contributed by atoms with van der Waals surface area (Å²) in [6.45, 7) is 7.18. The van der Waals surface area contributed by atoms with Crippen LogP contribution in [-0.2, 0) is 13.6 Å². The van der Waals surface area contributed by atoms with Crippen LogP contribution in [0, 0.1) is 13.8 Å². The van der Waals surface area contributed by atoms with Gasteiger partial charge in [0.1, 0.15) is 5.69 Å². The van der Waals surface area contributed by atoms with E-state index in [9.17, 15) is 0 Å². The molecule has 0 unspecified atom stereocenters. The number of benzene rings is 1. The van der Waals surface area contributed by atoms with Crippen LogP contribution in [0.15, 0.2) is 42.6 Å². The van der Waals surface area contributed by atoms with E-state index in [0.29, 0.717) is 0 Å². The number of nitrogens with zero attached hydrogens (tertiary/aromatic N) is 5. The molecule has 4 aromatic rings. The van der Waals surface area contributed by atoms with Gasteiger partial charge in [0.25, 0.3) is 0 Å². The second-order valence-corrected chi connectivity index (χ2v) is 6.36. The van der Waals surface area contributed by atoms with Crippen molar-refractivity contribution >= 4 is 11.0 Å². The summed E-state index contributed by atoms with van der Waals surface area (Å²) in [4.78, 5) is 4.85. The van der Waals surface area contributed by atoms with E-state index in [1.54, 1.807) is 0 Å². The molecule has 0 bridgehead atoms. The zero-order valence-corrected chi connectivity index (χ0v) is 15.0. The van der Waals surface area contributed by atoms with E-state index in [1.807, 2.05) is 40.8 Å². The van der Waals surface area contributed by atoms with E-state index in [-0.39, 0.29) is 0 Å². The van der Waals surface area contributed by atoms with Crippen LogP contribution >= 0.6 is 0 Å². The molecule has 0 spiro atoms. The van der Waals surface area contributed by atoms with Crippen molar-refractivity contribution in [2.24, 2.45) is 7.05 Å². The third-order valence-corrected chi connectivity index (χ3v) is 4.61. The van der Waals surface area contributed by atoms with Crippen molar-refractivity contribution in [2.45, 2.75) is 27.3 Å². The molecule has 0 atom stereocenters. The molecule has 0 saturated carbocycles. The highest BCUT2D eigenvalue weighted by Crippen LogP contribution is 2.32. The molecular formula is C20H21N5. The van der Waals surface area contributed by atoms with E-state index in [1.165, 1.54) is 11.3 Å². The highest BCUT2D eigenvalue weighted by Gasteiger charge is 2.17. The molecule has 5 nitrogen and oxygen atoms in total. The Kier molecular flexibility index (Phi) is 3.64. The first-order valence-electron chi connectivity index (χ1n) is 8.52. The summed E-state index contributed by atoms with van der Waals surface area (Å²) in [6, 6.07) is 12.4. The summed E-state index contributed by atoms with van der Waals surface area (Å²) in [5, 5.41) is 10.5. The van der Waals surface area contributed by atoms with Crippen LogP contribution in [0.3, 0.4) is 0 Å². The molecule has 0 amide bonds. The van der Waals surface area contributed by atoms with Crippen LogP contribution in [0.2, 0.25) is 0 Å². The molecule has 126 valence electrons. The molecule has 5 heteroatoms. The Hall–Kier alpha value is -2.95. The normalized spacial score (nSPS) is 11.4. The van der Waals surface area contributed by atoms with Crippen LogP contribution in [0.1, 0.15) is 18.2 Å². The van der Waals surface area contributed by atoms with Crippen LogP contribution in [-0.4, -0.2) is 24.5 Å². The van der Waals surface area contributed by atoms with Gasteiger partial charge in [0.2, 0.25) is 0 Å². The fourth-order valence-electron chi connectivity index (χ4n) is 3.42. The van der Waals surface area contributed by atoms with Crippen LogP contribution in [0.4, 0.5) is 0 Å². The van der Waals surface area contributed by atoms with Gasteiger partial charge in [0.15, 0.2) is 5.65 Å². The summed E-state index contributed by atoms with van der Waals surface area (Å²) >= 11 is 0. The molecule has 0 aliphatic carbocycles. The maximum atomic E-state index is 4.85. The quantitative estimate of drug-likeness (QED) is 0.567. The zero-order chi connectivity index (χ0) is 17.6. The first-order chi connectivity index (χ1) is 12.1. The molecule has 3 heterocycles. The monoisotopic (exact) mass is 331 g/mol. The number of rotatable bonds is 3. The Balaban J connectivity index is 1.94. The Morgan fingerprint density at radius 3 is 2.52 bits per heavy atom. The number of aromatic nitrogens is 5. The Morgan fingerprint density at radius 1 is 1.04 bits per heavy atom. The van der Waals surface area contributed by atoms with E-state index in [4.69, 9.17) is 4.98 Å². The maximum absolute atomic E-state index is 4.85. The standard InChI is InChI=1S/C20H21N5/c1-5-25-14(3)18-13(2)11-17(21-20(18)23-25)16-12-24(4)22-19(16)15-9-7-6-8-10-15/h6-12H,5H2,1-4H3. The van der Waals surface area contributed by atoms with Crippen molar-refractivity contribution in [1.29, 1.82) is 0 Å². The predicted octanol–water partition coefficient (Wildman–Crippen LogP) is 4.14. The van der Waals surface area contributed by atoms with Crippen LogP contribution < -0.4 is 0 Å². The van der Waals surface area contributed by atoms with Gasteiger partial charge in [-0.2, -0.15) is 10.2 Å². The van der Waals surface area contributed by atoms with Crippen molar-refractivity contribution in [3.8, 4) is 22.5 Å². The van der Waals surface area contributed by atoms with Gasteiger partial charge in [-0.05, 0) is 32.4 Å². The minimum Gasteiger partial charge on any atom is -0.274 e. The van der Waals surface area contributed by atoms with Gasteiger partial charge in [-0.15, -0.1) is 0 Å². The summed E-state index contributed by atoms with van der Waals surface area (Å²) in [7, 11) is 1.94. The molecule has 3 aromatic heterocycles. The van der Waals surface area contributed by atoms with Crippen LogP contribution in [0.5, 0.6) is 0 Å². The summed E-state index contributed by atoms with van der Waals surface area (Å²) in [6.07, 6.45) is 2.03. The molecule has 0 aliphatic heterocycles. The molecule has 0 saturated heterocycles. The number of fused-ring (bicyclic) bond motifs is 1. The van der Waals surface area contributed by atoms with Crippen molar-refractivity contribution in [3.05, 3.63) is 53.9 Å². The minimum atomic E-state index is 0.803. The number of hydrogen-bond donors (Lipinski definition) is 0. The minimum absolute atomic E-state index is 0.803. The van der Waals surface area contributed by atoms with Crippen molar-refractivity contribution in [3.63, 3.8) is 0 Å². The largest absolute Gasteiger partial charge is 0.274 e. The molecule has 4 rings (SSSR count). The van der Waals surface area contributed by atoms with E-state index < -0.39 is 0 Å². The van der Waals surface area contributed by atoms with E-state index in [2.05, 4.69) is 49.2 Å². The predicted molar refractivity (Wildman–Crippen MR) is 100 cm³/mol. The number of aryl methyl sites for hydroxylation is 4. The molecule has 0 aliphatic rings. The number of hydrogen-bond acceptors (Lipinski definition) is 3. The molecule has 1 aromatic carbocycles. The highest BCUT2D eigenvalue weighted by atomic mass is 15.3. The van der Waals surface area contributed by atoms with E-state index >= 15 is 0 Å². The Morgan fingerprint density at radius 2 is 1.80 bits per heavy atom. The fraction of sp³-hybridized carbons (Fsp3) is 0.250. The van der Waals surface area contributed by atoms with Gasteiger partial charge in [-0.1, -0.05) is 30.3 Å². The van der Waals surface area contributed by atoms with Crippen molar-refractivity contribution in [1.82, 2.24) is 24.5 Å². The third-order valence-electron chi connectivity index (χ3n) is 4.61. The van der Waals surface area contributed by atoms with Crippen molar-refractivity contribution < 1.29 is 0 Å². The highest BCUT2D eigenvalue weighted by molar-refractivity contribution is 5.87. The van der Waals surface area contributed by atoms with Gasteiger partial charge < -0.3 is 0 Å². The second-order valence-electron chi connectivity index (χ2n) is 6.36. The lowest BCUT2D eigenvalue weighted by Gasteiger charge is -2.04. The first-order valence-corrected chi connectivity index (χ1v) is 8.52. The summed E-state index contributed by atoms with van der Waals surface area (Å²) < 4.78 is 3.85. The number of pyridine rings is 1. The lowest BCUT2D eigenvalue weighted by molar-refractivity contribution is 0.646. The summed E-state index contributed by atoms with van der Waals surface area (Å²) in [5.74, 6) is 0. The first kappa shape index (κ1) is 15.6. The fourth-order valence-corrected chi connectivity index (χ4v) is 3.42. The SMILES string of the molecule is CCn1nc2nc(-c3cn(C)nc3-c3ccccc3)cc(C)c2c1C. The second kappa shape index (κ2) is 5.84. The third kappa shape index (κ3) is 2.52. The molecule has 0 N–H and O–H groups in total. The Bertz CT molecular complexity index is 1060. The van der Waals surface area contributed by atoms with Gasteiger partial charge in [0, 0.05) is 42.0 Å². The topological polar surface area (TPSA) is 48.5 Å². The van der Waals surface area contributed by atoms with Gasteiger partial charge >= 0.3 is 0 Å². The molecule has 0 fully saturated rings. The lowest BCUT2D eigenvalue weighted by Crippen LogP contribution is -1.98. The smallest absolute Gasteiger partial charge is 0.182 e. The van der Waals surface area contributed by atoms with Gasteiger partial charge in [-0.25, -0.2) is 4.98 Å². The maximum Gasteiger partial charge on any atom is 0.182 e. The molecular weight excluding hydrogens is 310 g/mol. The van der Waals surface area contributed by atoms with E-state index in [0.717, 1.165) is 40.1 Å². The molecule has 0 radical (unpaired) electrons. The Labute approximate surface area is 146 Å². The van der Waals surface area contributed by atoms with Crippen molar-refractivity contribution in [2.75, 3.05) is 0 Å². The van der Waals surface area contributed by atoms with Gasteiger partial charge in [0.05, 0.1) is 5.69 Å².